The largest absolute Gasteiger partial charge is 0.399 e. The van der Waals surface area contributed by atoms with Crippen LogP contribution in [0.5, 0.6) is 0 Å². The highest BCUT2D eigenvalue weighted by Crippen LogP contribution is 2.22. The number of amides is 1. The molecule has 0 saturated heterocycles. The second-order valence-corrected chi connectivity index (χ2v) is 5.02. The minimum Gasteiger partial charge on any atom is -0.399 e. The average Bonchev–Trinajstić information content (AvgIpc) is 2.42. The van der Waals surface area contributed by atoms with Crippen LogP contribution < -0.4 is 11.1 Å². The first-order chi connectivity index (χ1) is 9.56. The molecule has 0 spiro atoms. The summed E-state index contributed by atoms with van der Waals surface area (Å²) in [5.74, 6) is -1.40. The molecule has 0 radical (unpaired) electrons. The van der Waals surface area contributed by atoms with Gasteiger partial charge >= 0.3 is 0 Å². The van der Waals surface area contributed by atoms with Crippen LogP contribution in [-0.4, -0.2) is 11.7 Å². The van der Waals surface area contributed by atoms with Gasteiger partial charge in [-0.25, -0.2) is 8.78 Å². The number of thioether (sulfide) groups is 1. The first-order valence-electron chi connectivity index (χ1n) is 5.78. The molecular formula is C14H12F2N2OS. The van der Waals surface area contributed by atoms with Crippen LogP contribution in [0.2, 0.25) is 0 Å². The zero-order valence-electron chi connectivity index (χ0n) is 10.4. The quantitative estimate of drug-likeness (QED) is 0.672. The van der Waals surface area contributed by atoms with Gasteiger partial charge in [0.1, 0.15) is 11.6 Å². The van der Waals surface area contributed by atoms with Crippen molar-refractivity contribution in [3.63, 3.8) is 0 Å². The summed E-state index contributed by atoms with van der Waals surface area (Å²) in [7, 11) is 0. The van der Waals surface area contributed by atoms with Crippen LogP contribution in [0.3, 0.4) is 0 Å². The minimum absolute atomic E-state index is 0.0177. The molecule has 0 aromatic heterocycles. The van der Waals surface area contributed by atoms with Crippen molar-refractivity contribution in [1.29, 1.82) is 0 Å². The number of carbonyl (C=O) groups is 1. The predicted molar refractivity (Wildman–Crippen MR) is 76.6 cm³/mol. The number of nitrogens with one attached hydrogen (secondary N) is 1. The third-order valence-electron chi connectivity index (χ3n) is 2.46. The monoisotopic (exact) mass is 294 g/mol. The lowest BCUT2D eigenvalue weighted by Gasteiger charge is -2.07. The Bertz CT molecular complexity index is 634. The van der Waals surface area contributed by atoms with E-state index in [0.29, 0.717) is 10.6 Å². The highest BCUT2D eigenvalue weighted by Gasteiger charge is 2.09. The number of carbonyl (C=O) groups excluding carboxylic acids is 1. The summed E-state index contributed by atoms with van der Waals surface area (Å²) in [6.45, 7) is 0. The van der Waals surface area contributed by atoms with Gasteiger partial charge in [0.2, 0.25) is 5.91 Å². The molecular weight excluding hydrogens is 282 g/mol. The van der Waals surface area contributed by atoms with Gasteiger partial charge in [0, 0.05) is 10.6 Å². The molecule has 104 valence electrons. The summed E-state index contributed by atoms with van der Waals surface area (Å²) in [6, 6.07) is 10.1. The van der Waals surface area contributed by atoms with Gasteiger partial charge in [0.15, 0.2) is 0 Å². The first-order valence-corrected chi connectivity index (χ1v) is 6.77. The van der Waals surface area contributed by atoms with E-state index in [-0.39, 0.29) is 17.3 Å². The Morgan fingerprint density at radius 3 is 2.65 bits per heavy atom. The van der Waals surface area contributed by atoms with E-state index >= 15 is 0 Å². The van der Waals surface area contributed by atoms with E-state index in [2.05, 4.69) is 5.32 Å². The van der Waals surface area contributed by atoms with Gasteiger partial charge in [-0.1, -0.05) is 12.1 Å². The number of hydrogen-bond donors (Lipinski definition) is 2. The molecule has 0 atom stereocenters. The van der Waals surface area contributed by atoms with Crippen molar-refractivity contribution < 1.29 is 13.6 Å². The standard InChI is InChI=1S/C14H12F2N2OS/c15-10-6-5-9(17)7-12(10)18-14(19)8-20-13-4-2-1-3-11(13)16/h1-7H,8,17H2,(H,18,19). The van der Waals surface area contributed by atoms with Gasteiger partial charge in [0.25, 0.3) is 0 Å². The zero-order chi connectivity index (χ0) is 14.5. The second kappa shape index (κ2) is 6.38. The molecule has 0 bridgehead atoms. The number of hydrogen-bond acceptors (Lipinski definition) is 3. The summed E-state index contributed by atoms with van der Waals surface area (Å²) in [5.41, 5.74) is 5.88. The van der Waals surface area contributed by atoms with Crippen LogP contribution in [0.25, 0.3) is 0 Å². The number of nitrogen functional groups attached to an aromatic ring is 1. The number of halogens is 2. The van der Waals surface area contributed by atoms with Gasteiger partial charge < -0.3 is 11.1 Å². The lowest BCUT2D eigenvalue weighted by Crippen LogP contribution is -2.15. The Morgan fingerprint density at radius 2 is 1.90 bits per heavy atom. The first kappa shape index (κ1) is 14.3. The summed E-state index contributed by atoms with van der Waals surface area (Å²) in [5, 5.41) is 2.40. The Morgan fingerprint density at radius 1 is 1.15 bits per heavy atom. The van der Waals surface area contributed by atoms with Crippen molar-refractivity contribution in [1.82, 2.24) is 0 Å². The predicted octanol–water partition coefficient (Wildman–Crippen LogP) is 3.28. The lowest BCUT2D eigenvalue weighted by molar-refractivity contribution is -0.113. The number of benzene rings is 2. The molecule has 0 unspecified atom stereocenters. The van der Waals surface area contributed by atoms with Crippen LogP contribution in [0.1, 0.15) is 0 Å². The summed E-state index contributed by atoms with van der Waals surface area (Å²) in [6.07, 6.45) is 0. The van der Waals surface area contributed by atoms with Crippen molar-refractivity contribution in [2.45, 2.75) is 4.90 Å². The molecule has 3 N–H and O–H groups in total. The molecule has 2 aromatic carbocycles. The van der Waals surface area contributed by atoms with Crippen molar-refractivity contribution in [3.05, 3.63) is 54.1 Å². The SMILES string of the molecule is Nc1ccc(F)c(NC(=O)CSc2ccccc2F)c1. The van der Waals surface area contributed by atoms with Crippen molar-refractivity contribution in [2.24, 2.45) is 0 Å². The third kappa shape index (κ3) is 3.71. The van der Waals surface area contributed by atoms with Crippen LogP contribution >= 0.6 is 11.8 Å². The maximum absolute atomic E-state index is 13.4. The van der Waals surface area contributed by atoms with Gasteiger partial charge in [-0.05, 0) is 30.3 Å². The molecule has 3 nitrogen and oxygen atoms in total. The molecule has 0 fully saturated rings. The molecule has 1 amide bonds. The van der Waals surface area contributed by atoms with E-state index in [1.54, 1.807) is 18.2 Å². The molecule has 0 aliphatic heterocycles. The molecule has 0 saturated carbocycles. The number of rotatable bonds is 4. The highest BCUT2D eigenvalue weighted by molar-refractivity contribution is 8.00. The maximum atomic E-state index is 13.4. The van der Waals surface area contributed by atoms with E-state index in [4.69, 9.17) is 5.73 Å². The molecule has 20 heavy (non-hydrogen) atoms. The molecule has 0 heterocycles. The zero-order valence-corrected chi connectivity index (χ0v) is 11.2. The number of nitrogens with two attached hydrogens (primary N) is 1. The van der Waals surface area contributed by atoms with Crippen LogP contribution in [0.15, 0.2) is 47.4 Å². The number of anilines is 2. The van der Waals surface area contributed by atoms with E-state index in [0.717, 1.165) is 11.8 Å². The third-order valence-corrected chi connectivity index (χ3v) is 3.51. The molecule has 0 aliphatic carbocycles. The fraction of sp³-hybridized carbons (Fsp3) is 0.0714. The molecule has 6 heteroatoms. The van der Waals surface area contributed by atoms with Crippen LogP contribution in [-0.2, 0) is 4.79 Å². The van der Waals surface area contributed by atoms with Gasteiger partial charge in [-0.2, -0.15) is 0 Å². The maximum Gasteiger partial charge on any atom is 0.234 e. The van der Waals surface area contributed by atoms with Crippen molar-refractivity contribution in [2.75, 3.05) is 16.8 Å². The van der Waals surface area contributed by atoms with E-state index in [9.17, 15) is 13.6 Å². The van der Waals surface area contributed by atoms with Crippen molar-refractivity contribution >= 4 is 29.0 Å². The minimum atomic E-state index is -0.566. The normalized spacial score (nSPS) is 10.3. The Balaban J connectivity index is 1.96. The summed E-state index contributed by atoms with van der Waals surface area (Å²) < 4.78 is 26.8. The van der Waals surface area contributed by atoms with Gasteiger partial charge in [-0.15, -0.1) is 11.8 Å². The smallest absolute Gasteiger partial charge is 0.234 e. The van der Waals surface area contributed by atoms with E-state index in [1.165, 1.54) is 24.3 Å². The van der Waals surface area contributed by atoms with Crippen molar-refractivity contribution in [3.8, 4) is 0 Å². The second-order valence-electron chi connectivity index (χ2n) is 4.01. The van der Waals surface area contributed by atoms with Crippen LogP contribution in [0, 0.1) is 11.6 Å². The highest BCUT2D eigenvalue weighted by atomic mass is 32.2. The van der Waals surface area contributed by atoms with Crippen LogP contribution in [0.4, 0.5) is 20.2 Å². The summed E-state index contributed by atoms with van der Waals surface area (Å²) >= 11 is 1.04. The fourth-order valence-electron chi connectivity index (χ4n) is 1.53. The van der Waals surface area contributed by atoms with Gasteiger partial charge in [-0.3, -0.25) is 4.79 Å². The summed E-state index contributed by atoms with van der Waals surface area (Å²) in [4.78, 5) is 12.1. The Hall–Kier alpha value is -2.08. The molecule has 2 rings (SSSR count). The average molecular weight is 294 g/mol. The molecule has 0 aliphatic rings. The fourth-order valence-corrected chi connectivity index (χ4v) is 2.27. The topological polar surface area (TPSA) is 55.1 Å². The Kier molecular flexibility index (Phi) is 4.57. The molecule has 2 aromatic rings. The van der Waals surface area contributed by atoms with Gasteiger partial charge in [0.05, 0.1) is 11.4 Å². The van der Waals surface area contributed by atoms with E-state index in [1.807, 2.05) is 0 Å². The van der Waals surface area contributed by atoms with E-state index < -0.39 is 11.7 Å². The lowest BCUT2D eigenvalue weighted by atomic mass is 10.2. The Labute approximate surface area is 119 Å².